The molecule has 0 saturated carbocycles. The van der Waals surface area contributed by atoms with Gasteiger partial charge in [-0.15, -0.1) is 0 Å². The Morgan fingerprint density at radius 3 is 2.82 bits per heavy atom. The summed E-state index contributed by atoms with van der Waals surface area (Å²) < 4.78 is 5.18. The van der Waals surface area contributed by atoms with Gasteiger partial charge in [-0.05, 0) is 36.2 Å². The Balaban J connectivity index is 1.99. The zero-order valence-electron chi connectivity index (χ0n) is 10.1. The average molecular weight is 228 g/mol. The standard InChI is InChI=1S/C14H16N2O/c1-11-6-7-14(15-9-11)16-10-12-4-3-5-13(8-12)17-2/h3-9H,10H2,1-2H3,(H,15,16). The molecule has 0 aliphatic carbocycles. The van der Waals surface area contributed by atoms with Crippen LogP contribution in [0.25, 0.3) is 0 Å². The molecule has 2 aromatic rings. The first-order valence-corrected chi connectivity index (χ1v) is 5.57. The van der Waals surface area contributed by atoms with Crippen molar-refractivity contribution in [3.05, 3.63) is 53.7 Å². The summed E-state index contributed by atoms with van der Waals surface area (Å²) >= 11 is 0. The van der Waals surface area contributed by atoms with Crippen molar-refractivity contribution < 1.29 is 4.74 Å². The van der Waals surface area contributed by atoms with Crippen LogP contribution in [0.3, 0.4) is 0 Å². The Labute approximate surface area is 101 Å². The second-order valence-electron chi connectivity index (χ2n) is 3.93. The summed E-state index contributed by atoms with van der Waals surface area (Å²) in [6.07, 6.45) is 1.86. The third-order valence-electron chi connectivity index (χ3n) is 2.52. The molecule has 0 aliphatic rings. The Kier molecular flexibility index (Phi) is 3.60. The maximum atomic E-state index is 5.18. The Morgan fingerprint density at radius 1 is 1.24 bits per heavy atom. The predicted molar refractivity (Wildman–Crippen MR) is 69.3 cm³/mol. The van der Waals surface area contributed by atoms with Crippen LogP contribution in [0.1, 0.15) is 11.1 Å². The minimum Gasteiger partial charge on any atom is -0.497 e. The maximum absolute atomic E-state index is 5.18. The fourth-order valence-electron chi connectivity index (χ4n) is 1.55. The number of aromatic nitrogens is 1. The van der Waals surface area contributed by atoms with E-state index >= 15 is 0 Å². The third kappa shape index (κ3) is 3.21. The second kappa shape index (κ2) is 5.34. The number of benzene rings is 1. The van der Waals surface area contributed by atoms with Gasteiger partial charge in [0.05, 0.1) is 7.11 Å². The van der Waals surface area contributed by atoms with E-state index in [2.05, 4.69) is 16.4 Å². The van der Waals surface area contributed by atoms with Crippen LogP contribution in [0.4, 0.5) is 5.82 Å². The van der Waals surface area contributed by atoms with Gasteiger partial charge in [0.15, 0.2) is 0 Å². The molecule has 0 amide bonds. The summed E-state index contributed by atoms with van der Waals surface area (Å²) in [6, 6.07) is 12.0. The average Bonchev–Trinajstić information content (AvgIpc) is 2.38. The van der Waals surface area contributed by atoms with Gasteiger partial charge in [0.1, 0.15) is 11.6 Å². The smallest absolute Gasteiger partial charge is 0.126 e. The Morgan fingerprint density at radius 2 is 2.12 bits per heavy atom. The lowest BCUT2D eigenvalue weighted by molar-refractivity contribution is 0.414. The van der Waals surface area contributed by atoms with Crippen molar-refractivity contribution in [1.82, 2.24) is 4.98 Å². The molecule has 0 unspecified atom stereocenters. The maximum Gasteiger partial charge on any atom is 0.126 e. The van der Waals surface area contributed by atoms with Crippen LogP contribution < -0.4 is 10.1 Å². The highest BCUT2D eigenvalue weighted by Gasteiger charge is 1.97. The molecule has 0 atom stereocenters. The van der Waals surface area contributed by atoms with Gasteiger partial charge in [-0.1, -0.05) is 18.2 Å². The summed E-state index contributed by atoms with van der Waals surface area (Å²) in [7, 11) is 1.67. The number of anilines is 1. The van der Waals surface area contributed by atoms with Crippen molar-refractivity contribution in [2.75, 3.05) is 12.4 Å². The molecule has 88 valence electrons. The highest BCUT2D eigenvalue weighted by Crippen LogP contribution is 2.13. The van der Waals surface area contributed by atoms with E-state index in [-0.39, 0.29) is 0 Å². The molecule has 2 rings (SSSR count). The van der Waals surface area contributed by atoms with E-state index in [9.17, 15) is 0 Å². The number of hydrogen-bond donors (Lipinski definition) is 1. The topological polar surface area (TPSA) is 34.1 Å². The van der Waals surface area contributed by atoms with E-state index in [1.165, 1.54) is 5.56 Å². The molecule has 1 N–H and O–H groups in total. The number of methoxy groups -OCH3 is 1. The van der Waals surface area contributed by atoms with Crippen LogP contribution in [-0.4, -0.2) is 12.1 Å². The van der Waals surface area contributed by atoms with Crippen molar-refractivity contribution in [1.29, 1.82) is 0 Å². The lowest BCUT2D eigenvalue weighted by atomic mass is 10.2. The van der Waals surface area contributed by atoms with E-state index in [0.29, 0.717) is 0 Å². The minimum atomic E-state index is 0.743. The van der Waals surface area contributed by atoms with Gasteiger partial charge in [-0.2, -0.15) is 0 Å². The number of pyridine rings is 1. The number of ether oxygens (including phenoxy) is 1. The molecule has 0 fully saturated rings. The molecule has 1 aromatic carbocycles. The normalized spacial score (nSPS) is 10.0. The summed E-state index contributed by atoms with van der Waals surface area (Å²) in [5, 5.41) is 3.27. The number of nitrogens with zero attached hydrogens (tertiary/aromatic N) is 1. The van der Waals surface area contributed by atoms with Gasteiger partial charge in [-0.25, -0.2) is 4.98 Å². The summed E-state index contributed by atoms with van der Waals surface area (Å²) in [6.45, 7) is 2.77. The quantitative estimate of drug-likeness (QED) is 0.873. The van der Waals surface area contributed by atoms with Crippen molar-refractivity contribution in [3.63, 3.8) is 0 Å². The molecule has 0 saturated heterocycles. The number of nitrogens with one attached hydrogen (secondary N) is 1. The van der Waals surface area contributed by atoms with E-state index in [1.807, 2.05) is 43.5 Å². The van der Waals surface area contributed by atoms with Gasteiger partial charge in [-0.3, -0.25) is 0 Å². The zero-order chi connectivity index (χ0) is 12.1. The summed E-state index contributed by atoms with van der Waals surface area (Å²) in [4.78, 5) is 4.29. The molecule has 1 heterocycles. The van der Waals surface area contributed by atoms with Gasteiger partial charge in [0, 0.05) is 12.7 Å². The van der Waals surface area contributed by atoms with Crippen molar-refractivity contribution >= 4 is 5.82 Å². The highest BCUT2D eigenvalue weighted by atomic mass is 16.5. The summed E-state index contributed by atoms with van der Waals surface area (Å²) in [5.74, 6) is 1.76. The lowest BCUT2D eigenvalue weighted by Gasteiger charge is -2.07. The Bertz CT molecular complexity index is 480. The molecule has 17 heavy (non-hydrogen) atoms. The molecular formula is C14H16N2O. The largest absolute Gasteiger partial charge is 0.497 e. The van der Waals surface area contributed by atoms with Crippen molar-refractivity contribution in [2.45, 2.75) is 13.5 Å². The van der Waals surface area contributed by atoms with Crippen LogP contribution in [0.2, 0.25) is 0 Å². The van der Waals surface area contributed by atoms with Gasteiger partial charge in [0.25, 0.3) is 0 Å². The minimum absolute atomic E-state index is 0.743. The molecule has 0 aliphatic heterocycles. The van der Waals surface area contributed by atoms with E-state index < -0.39 is 0 Å². The van der Waals surface area contributed by atoms with Crippen LogP contribution in [0.15, 0.2) is 42.6 Å². The number of hydrogen-bond acceptors (Lipinski definition) is 3. The fraction of sp³-hybridized carbons (Fsp3) is 0.214. The number of aryl methyl sites for hydroxylation is 1. The molecule has 1 aromatic heterocycles. The van der Waals surface area contributed by atoms with Crippen LogP contribution in [0, 0.1) is 6.92 Å². The van der Waals surface area contributed by atoms with Gasteiger partial charge in [0.2, 0.25) is 0 Å². The first-order chi connectivity index (χ1) is 8.28. The summed E-state index contributed by atoms with van der Waals surface area (Å²) in [5.41, 5.74) is 2.34. The first-order valence-electron chi connectivity index (χ1n) is 5.57. The number of rotatable bonds is 4. The van der Waals surface area contributed by atoms with E-state index in [1.54, 1.807) is 7.11 Å². The Hall–Kier alpha value is -2.03. The predicted octanol–water partition coefficient (Wildman–Crippen LogP) is 3.01. The molecular weight excluding hydrogens is 212 g/mol. The zero-order valence-corrected chi connectivity index (χ0v) is 10.1. The molecule has 0 radical (unpaired) electrons. The van der Waals surface area contributed by atoms with Crippen LogP contribution in [-0.2, 0) is 6.54 Å². The van der Waals surface area contributed by atoms with Crippen molar-refractivity contribution in [3.8, 4) is 5.75 Å². The molecule has 0 bridgehead atoms. The monoisotopic (exact) mass is 228 g/mol. The first kappa shape index (κ1) is 11.5. The van der Waals surface area contributed by atoms with Gasteiger partial charge < -0.3 is 10.1 Å². The highest BCUT2D eigenvalue weighted by molar-refractivity contribution is 5.37. The fourth-order valence-corrected chi connectivity index (χ4v) is 1.55. The van der Waals surface area contributed by atoms with E-state index in [4.69, 9.17) is 4.74 Å². The van der Waals surface area contributed by atoms with E-state index in [0.717, 1.165) is 23.7 Å². The molecule has 0 spiro atoms. The SMILES string of the molecule is COc1cccc(CNc2ccc(C)cn2)c1. The molecule has 3 nitrogen and oxygen atoms in total. The van der Waals surface area contributed by atoms with Crippen LogP contribution >= 0.6 is 0 Å². The lowest BCUT2D eigenvalue weighted by Crippen LogP contribution is -2.01. The van der Waals surface area contributed by atoms with Crippen molar-refractivity contribution in [2.24, 2.45) is 0 Å². The molecule has 3 heteroatoms. The van der Waals surface area contributed by atoms with Gasteiger partial charge >= 0.3 is 0 Å². The third-order valence-corrected chi connectivity index (χ3v) is 2.52. The second-order valence-corrected chi connectivity index (χ2v) is 3.93. The van der Waals surface area contributed by atoms with Crippen LogP contribution in [0.5, 0.6) is 5.75 Å².